The van der Waals surface area contributed by atoms with E-state index in [1.165, 1.54) is 0 Å². The number of hydrogen-bond acceptors (Lipinski definition) is 3. The highest BCUT2D eigenvalue weighted by Crippen LogP contribution is 2.25. The number of nitrogens with zero attached hydrogens (tertiary/aromatic N) is 1. The number of halogens is 1. The van der Waals surface area contributed by atoms with Crippen LogP contribution in [-0.2, 0) is 0 Å². The summed E-state index contributed by atoms with van der Waals surface area (Å²) in [4.78, 5) is 2.10. The summed E-state index contributed by atoms with van der Waals surface area (Å²) in [5.74, 6) is 0. The molecule has 78 valence electrons. The van der Waals surface area contributed by atoms with E-state index in [4.69, 9.17) is 17.3 Å². The fourth-order valence-corrected chi connectivity index (χ4v) is 1.45. The van der Waals surface area contributed by atoms with Crippen LogP contribution in [0.4, 0.5) is 11.4 Å². The lowest BCUT2D eigenvalue weighted by Gasteiger charge is -2.20. The van der Waals surface area contributed by atoms with Gasteiger partial charge < -0.3 is 16.0 Å². The van der Waals surface area contributed by atoms with Crippen molar-refractivity contribution in [1.82, 2.24) is 5.32 Å². The van der Waals surface area contributed by atoms with Crippen molar-refractivity contribution in [3.8, 4) is 0 Å². The monoisotopic (exact) mass is 213 g/mol. The van der Waals surface area contributed by atoms with Gasteiger partial charge in [0, 0.05) is 25.2 Å². The Morgan fingerprint density at radius 2 is 2.21 bits per heavy atom. The van der Waals surface area contributed by atoms with E-state index in [9.17, 15) is 0 Å². The first-order valence-electron chi connectivity index (χ1n) is 4.56. The number of benzene rings is 1. The highest BCUT2D eigenvalue weighted by atomic mass is 35.5. The molecule has 1 rings (SSSR count). The van der Waals surface area contributed by atoms with Crippen LogP contribution < -0.4 is 16.0 Å². The normalized spacial score (nSPS) is 10.2. The predicted octanol–water partition coefficient (Wildman–Crippen LogP) is 1.58. The molecule has 0 saturated heterocycles. The SMILES string of the molecule is CNCCN(C)c1ccc(Cl)cc1N. The fraction of sp³-hybridized carbons (Fsp3) is 0.400. The third-order valence-corrected chi connectivity index (χ3v) is 2.33. The summed E-state index contributed by atoms with van der Waals surface area (Å²) in [5.41, 5.74) is 7.58. The van der Waals surface area contributed by atoms with Gasteiger partial charge >= 0.3 is 0 Å². The summed E-state index contributed by atoms with van der Waals surface area (Å²) in [5, 5.41) is 3.76. The first-order valence-corrected chi connectivity index (χ1v) is 4.93. The predicted molar refractivity (Wildman–Crippen MR) is 63.1 cm³/mol. The molecule has 0 fully saturated rings. The Bertz CT molecular complexity index is 301. The first-order chi connectivity index (χ1) is 6.65. The van der Waals surface area contributed by atoms with Crippen LogP contribution in [0.1, 0.15) is 0 Å². The smallest absolute Gasteiger partial charge is 0.0598 e. The van der Waals surface area contributed by atoms with Crippen LogP contribution in [0.3, 0.4) is 0 Å². The Morgan fingerprint density at radius 3 is 2.79 bits per heavy atom. The molecule has 0 radical (unpaired) electrons. The average molecular weight is 214 g/mol. The maximum atomic E-state index is 5.85. The van der Waals surface area contributed by atoms with Crippen molar-refractivity contribution in [2.75, 3.05) is 37.8 Å². The minimum atomic E-state index is 0.674. The van der Waals surface area contributed by atoms with Crippen molar-refractivity contribution in [2.24, 2.45) is 0 Å². The first kappa shape index (κ1) is 11.1. The van der Waals surface area contributed by atoms with Crippen LogP contribution >= 0.6 is 11.6 Å². The third-order valence-electron chi connectivity index (χ3n) is 2.10. The van der Waals surface area contributed by atoms with E-state index in [-0.39, 0.29) is 0 Å². The molecule has 0 saturated carbocycles. The average Bonchev–Trinajstić information content (AvgIpc) is 2.14. The Morgan fingerprint density at radius 1 is 1.50 bits per heavy atom. The largest absolute Gasteiger partial charge is 0.397 e. The summed E-state index contributed by atoms with van der Waals surface area (Å²) >= 11 is 5.82. The zero-order chi connectivity index (χ0) is 10.6. The summed E-state index contributed by atoms with van der Waals surface area (Å²) in [6.07, 6.45) is 0. The van der Waals surface area contributed by atoms with Crippen molar-refractivity contribution < 1.29 is 0 Å². The summed E-state index contributed by atoms with van der Waals surface area (Å²) in [7, 11) is 3.94. The van der Waals surface area contributed by atoms with Gasteiger partial charge in [0.1, 0.15) is 0 Å². The Kier molecular flexibility index (Phi) is 4.04. The molecule has 0 amide bonds. The van der Waals surface area contributed by atoms with Gasteiger partial charge in [0.05, 0.1) is 11.4 Å². The second kappa shape index (κ2) is 5.08. The van der Waals surface area contributed by atoms with Crippen molar-refractivity contribution in [3.63, 3.8) is 0 Å². The molecule has 3 nitrogen and oxygen atoms in total. The Labute approximate surface area is 89.8 Å². The lowest BCUT2D eigenvalue weighted by Crippen LogP contribution is -2.27. The van der Waals surface area contributed by atoms with E-state index in [1.807, 2.05) is 26.2 Å². The number of anilines is 2. The van der Waals surface area contributed by atoms with Crippen LogP contribution in [0, 0.1) is 0 Å². The zero-order valence-corrected chi connectivity index (χ0v) is 9.30. The van der Waals surface area contributed by atoms with Gasteiger partial charge in [-0.3, -0.25) is 0 Å². The van der Waals surface area contributed by atoms with Gasteiger partial charge in [-0.2, -0.15) is 0 Å². The standard InChI is InChI=1S/C10H16ClN3/c1-13-5-6-14(2)10-4-3-8(11)7-9(10)12/h3-4,7,13H,5-6,12H2,1-2H3. The van der Waals surface area contributed by atoms with Gasteiger partial charge in [-0.1, -0.05) is 11.6 Å². The van der Waals surface area contributed by atoms with E-state index < -0.39 is 0 Å². The molecule has 3 N–H and O–H groups in total. The van der Waals surface area contributed by atoms with Crippen molar-refractivity contribution in [1.29, 1.82) is 0 Å². The molecular weight excluding hydrogens is 198 g/mol. The fourth-order valence-electron chi connectivity index (χ4n) is 1.27. The van der Waals surface area contributed by atoms with E-state index in [1.54, 1.807) is 6.07 Å². The second-order valence-electron chi connectivity index (χ2n) is 3.23. The molecule has 0 aliphatic carbocycles. The topological polar surface area (TPSA) is 41.3 Å². The highest BCUT2D eigenvalue weighted by molar-refractivity contribution is 6.31. The minimum absolute atomic E-state index is 0.674. The maximum Gasteiger partial charge on any atom is 0.0598 e. The molecule has 0 aliphatic heterocycles. The summed E-state index contributed by atoms with van der Waals surface area (Å²) in [6.45, 7) is 1.85. The van der Waals surface area contributed by atoms with Crippen LogP contribution in [-0.4, -0.2) is 27.2 Å². The molecule has 0 spiro atoms. The molecule has 0 bridgehead atoms. The van der Waals surface area contributed by atoms with Crippen molar-refractivity contribution in [2.45, 2.75) is 0 Å². The molecule has 0 aromatic heterocycles. The van der Waals surface area contributed by atoms with Gasteiger partial charge in [-0.05, 0) is 25.2 Å². The van der Waals surface area contributed by atoms with Gasteiger partial charge in [0.15, 0.2) is 0 Å². The number of nitrogens with two attached hydrogens (primary N) is 1. The van der Waals surface area contributed by atoms with Gasteiger partial charge in [-0.25, -0.2) is 0 Å². The maximum absolute atomic E-state index is 5.85. The van der Waals surface area contributed by atoms with Crippen LogP contribution in [0.2, 0.25) is 5.02 Å². The van der Waals surface area contributed by atoms with Crippen molar-refractivity contribution >= 4 is 23.0 Å². The minimum Gasteiger partial charge on any atom is -0.397 e. The molecule has 1 aromatic rings. The quantitative estimate of drug-likeness (QED) is 0.747. The van der Waals surface area contributed by atoms with Crippen LogP contribution in [0.5, 0.6) is 0 Å². The molecule has 0 heterocycles. The van der Waals surface area contributed by atoms with E-state index in [0.29, 0.717) is 5.02 Å². The second-order valence-corrected chi connectivity index (χ2v) is 3.66. The van der Waals surface area contributed by atoms with Gasteiger partial charge in [0.25, 0.3) is 0 Å². The number of hydrogen-bond donors (Lipinski definition) is 2. The Hall–Kier alpha value is -0.930. The Balaban J connectivity index is 2.74. The zero-order valence-electron chi connectivity index (χ0n) is 8.55. The molecule has 0 atom stereocenters. The highest BCUT2D eigenvalue weighted by Gasteiger charge is 2.04. The van der Waals surface area contributed by atoms with Crippen LogP contribution in [0.15, 0.2) is 18.2 Å². The number of nitrogens with one attached hydrogen (secondary N) is 1. The van der Waals surface area contributed by atoms with Gasteiger partial charge in [0.2, 0.25) is 0 Å². The molecule has 14 heavy (non-hydrogen) atoms. The number of nitrogen functional groups attached to an aromatic ring is 1. The third kappa shape index (κ3) is 2.79. The number of likely N-dealkylation sites (N-methyl/N-ethyl adjacent to an activating group) is 2. The lowest BCUT2D eigenvalue weighted by atomic mass is 10.2. The summed E-state index contributed by atoms with van der Waals surface area (Å²) in [6, 6.07) is 5.56. The molecule has 1 aromatic carbocycles. The van der Waals surface area contributed by atoms with E-state index in [2.05, 4.69) is 10.2 Å². The molecule has 0 unspecified atom stereocenters. The van der Waals surface area contributed by atoms with Crippen LogP contribution in [0.25, 0.3) is 0 Å². The lowest BCUT2D eigenvalue weighted by molar-refractivity contribution is 0.768. The molecule has 4 heteroatoms. The molecule has 0 aliphatic rings. The molecular formula is C10H16ClN3. The number of rotatable bonds is 4. The van der Waals surface area contributed by atoms with Gasteiger partial charge in [-0.15, -0.1) is 0 Å². The van der Waals surface area contributed by atoms with Crippen molar-refractivity contribution in [3.05, 3.63) is 23.2 Å². The summed E-state index contributed by atoms with van der Waals surface area (Å²) < 4.78 is 0. The van der Waals surface area contributed by atoms with E-state index >= 15 is 0 Å². The van der Waals surface area contributed by atoms with E-state index in [0.717, 1.165) is 24.5 Å².